The standard InChI is InChI=1S/C14H22N2O2S/c1-14(2,3)16-9-12(19(18)10-13(15)17)11-7-5-4-6-8-11/h4-8,12,16H,9-10H2,1-3H3,(H2,15,17). The Morgan fingerprint density at radius 3 is 2.37 bits per heavy atom. The molecule has 1 amide bonds. The molecule has 2 atom stereocenters. The highest BCUT2D eigenvalue weighted by molar-refractivity contribution is 7.86. The zero-order valence-corrected chi connectivity index (χ0v) is 12.5. The van der Waals surface area contributed by atoms with Gasteiger partial charge in [-0.05, 0) is 26.3 Å². The molecule has 0 heterocycles. The van der Waals surface area contributed by atoms with Gasteiger partial charge in [0.25, 0.3) is 0 Å². The van der Waals surface area contributed by atoms with Crippen molar-refractivity contribution in [2.24, 2.45) is 5.73 Å². The van der Waals surface area contributed by atoms with Crippen LogP contribution in [0.3, 0.4) is 0 Å². The van der Waals surface area contributed by atoms with Gasteiger partial charge in [-0.3, -0.25) is 9.00 Å². The van der Waals surface area contributed by atoms with Crippen LogP contribution in [0.2, 0.25) is 0 Å². The maximum Gasteiger partial charge on any atom is 0.230 e. The highest BCUT2D eigenvalue weighted by atomic mass is 32.2. The summed E-state index contributed by atoms with van der Waals surface area (Å²) in [6.07, 6.45) is 0. The number of rotatable bonds is 6. The van der Waals surface area contributed by atoms with Crippen molar-refractivity contribution in [3.63, 3.8) is 0 Å². The van der Waals surface area contributed by atoms with Gasteiger partial charge in [0.05, 0.1) is 5.25 Å². The van der Waals surface area contributed by atoms with Crippen LogP contribution in [0.4, 0.5) is 0 Å². The van der Waals surface area contributed by atoms with Crippen molar-refractivity contribution in [3.05, 3.63) is 35.9 Å². The first-order chi connectivity index (χ1) is 8.79. The molecule has 1 rings (SSSR count). The Balaban J connectivity index is 2.85. The summed E-state index contributed by atoms with van der Waals surface area (Å²) in [6.45, 7) is 6.69. The summed E-state index contributed by atoms with van der Waals surface area (Å²) in [6, 6.07) is 9.57. The van der Waals surface area contributed by atoms with Gasteiger partial charge in [-0.25, -0.2) is 0 Å². The molecule has 19 heavy (non-hydrogen) atoms. The van der Waals surface area contributed by atoms with Crippen LogP contribution in [0.25, 0.3) is 0 Å². The lowest BCUT2D eigenvalue weighted by Crippen LogP contribution is -2.40. The van der Waals surface area contributed by atoms with Gasteiger partial charge < -0.3 is 11.1 Å². The first kappa shape index (κ1) is 15.9. The SMILES string of the molecule is CC(C)(C)NCC(c1ccccc1)S(=O)CC(N)=O. The fourth-order valence-electron chi connectivity index (χ4n) is 1.67. The molecule has 0 fully saturated rings. The highest BCUT2D eigenvalue weighted by Gasteiger charge is 2.22. The Morgan fingerprint density at radius 2 is 1.89 bits per heavy atom. The van der Waals surface area contributed by atoms with Crippen molar-refractivity contribution >= 4 is 16.7 Å². The number of benzene rings is 1. The monoisotopic (exact) mass is 282 g/mol. The molecule has 106 valence electrons. The van der Waals surface area contributed by atoms with E-state index in [0.717, 1.165) is 5.56 Å². The number of carbonyl (C=O) groups is 1. The highest BCUT2D eigenvalue weighted by Crippen LogP contribution is 2.20. The van der Waals surface area contributed by atoms with Gasteiger partial charge in [0, 0.05) is 22.9 Å². The second-order valence-corrected chi connectivity index (χ2v) is 7.14. The van der Waals surface area contributed by atoms with E-state index >= 15 is 0 Å². The maximum absolute atomic E-state index is 12.2. The van der Waals surface area contributed by atoms with Crippen LogP contribution in [-0.4, -0.2) is 28.0 Å². The molecule has 0 saturated heterocycles. The molecule has 0 radical (unpaired) electrons. The Morgan fingerprint density at radius 1 is 1.32 bits per heavy atom. The predicted octanol–water partition coefficient (Wildman–Crippen LogP) is 1.35. The molecule has 1 aromatic rings. The lowest BCUT2D eigenvalue weighted by Gasteiger charge is -2.25. The van der Waals surface area contributed by atoms with Crippen LogP contribution in [0, 0.1) is 0 Å². The van der Waals surface area contributed by atoms with Crippen LogP contribution < -0.4 is 11.1 Å². The fourth-order valence-corrected chi connectivity index (χ4v) is 2.88. The minimum Gasteiger partial charge on any atom is -0.369 e. The Hall–Kier alpha value is -1.20. The first-order valence-electron chi connectivity index (χ1n) is 6.25. The van der Waals surface area contributed by atoms with Gasteiger partial charge in [0.15, 0.2) is 0 Å². The first-order valence-corrected chi connectivity index (χ1v) is 7.63. The van der Waals surface area contributed by atoms with Gasteiger partial charge in [-0.2, -0.15) is 0 Å². The van der Waals surface area contributed by atoms with Crippen molar-refractivity contribution in [2.45, 2.75) is 31.6 Å². The van der Waals surface area contributed by atoms with Crippen LogP contribution in [-0.2, 0) is 15.6 Å². The molecule has 1 aromatic carbocycles. The summed E-state index contributed by atoms with van der Waals surface area (Å²) in [5, 5.41) is 3.10. The normalized spacial score (nSPS) is 14.9. The Bertz CT molecular complexity index is 441. The maximum atomic E-state index is 12.2. The quantitative estimate of drug-likeness (QED) is 0.827. The van der Waals surface area contributed by atoms with Crippen molar-refractivity contribution in [1.82, 2.24) is 5.32 Å². The Kier molecular flexibility index (Phi) is 5.69. The number of primary amides is 1. The third-order valence-corrected chi connectivity index (χ3v) is 4.23. The molecule has 0 saturated carbocycles. The average Bonchev–Trinajstić information content (AvgIpc) is 2.28. The molecule has 0 aliphatic rings. The summed E-state index contributed by atoms with van der Waals surface area (Å²) in [5.41, 5.74) is 6.03. The minimum absolute atomic E-state index is 0.0655. The van der Waals surface area contributed by atoms with E-state index < -0.39 is 16.7 Å². The van der Waals surface area contributed by atoms with Crippen LogP contribution in [0.1, 0.15) is 31.6 Å². The predicted molar refractivity (Wildman–Crippen MR) is 79.1 cm³/mol. The number of nitrogens with two attached hydrogens (primary N) is 1. The van der Waals surface area contributed by atoms with Gasteiger partial charge >= 0.3 is 0 Å². The van der Waals surface area contributed by atoms with Crippen LogP contribution in [0.5, 0.6) is 0 Å². The summed E-state index contributed by atoms with van der Waals surface area (Å²) in [7, 11) is -1.31. The van der Waals surface area contributed by atoms with Crippen LogP contribution >= 0.6 is 0 Å². The van der Waals surface area contributed by atoms with Gasteiger partial charge in [0.2, 0.25) is 5.91 Å². The van der Waals surface area contributed by atoms with E-state index in [9.17, 15) is 9.00 Å². The number of amides is 1. The zero-order valence-electron chi connectivity index (χ0n) is 11.7. The number of hydrogen-bond acceptors (Lipinski definition) is 3. The van der Waals surface area contributed by atoms with Crippen molar-refractivity contribution < 1.29 is 9.00 Å². The summed E-state index contributed by atoms with van der Waals surface area (Å²) >= 11 is 0. The van der Waals surface area contributed by atoms with E-state index in [4.69, 9.17) is 5.73 Å². The number of nitrogens with one attached hydrogen (secondary N) is 1. The molecule has 3 N–H and O–H groups in total. The average molecular weight is 282 g/mol. The summed E-state index contributed by atoms with van der Waals surface area (Å²) < 4.78 is 12.2. The van der Waals surface area contributed by atoms with E-state index in [1.54, 1.807) is 0 Å². The second kappa shape index (κ2) is 6.82. The van der Waals surface area contributed by atoms with Gasteiger partial charge in [-0.1, -0.05) is 30.3 Å². The molecule has 0 spiro atoms. The zero-order chi connectivity index (χ0) is 14.5. The largest absolute Gasteiger partial charge is 0.369 e. The molecule has 0 aliphatic carbocycles. The molecule has 5 heteroatoms. The molecule has 0 bridgehead atoms. The molecule has 0 aromatic heterocycles. The van der Waals surface area contributed by atoms with Crippen LogP contribution in [0.15, 0.2) is 30.3 Å². The number of hydrogen-bond donors (Lipinski definition) is 2. The molecule has 2 unspecified atom stereocenters. The summed E-state index contributed by atoms with van der Waals surface area (Å²) in [5.74, 6) is -0.638. The third kappa shape index (κ3) is 5.98. The molecule has 4 nitrogen and oxygen atoms in total. The molecular formula is C14H22N2O2S. The smallest absolute Gasteiger partial charge is 0.230 e. The topological polar surface area (TPSA) is 72.2 Å². The lowest BCUT2D eigenvalue weighted by atomic mass is 10.1. The second-order valence-electron chi connectivity index (χ2n) is 5.52. The lowest BCUT2D eigenvalue weighted by molar-refractivity contribution is -0.115. The fraction of sp³-hybridized carbons (Fsp3) is 0.500. The van der Waals surface area contributed by atoms with Gasteiger partial charge in [0.1, 0.15) is 5.75 Å². The van der Waals surface area contributed by atoms with E-state index in [1.807, 2.05) is 51.1 Å². The van der Waals surface area contributed by atoms with Crippen molar-refractivity contribution in [2.75, 3.05) is 12.3 Å². The van der Waals surface area contributed by atoms with Crippen molar-refractivity contribution in [3.8, 4) is 0 Å². The van der Waals surface area contributed by atoms with E-state index in [0.29, 0.717) is 6.54 Å². The molecular weight excluding hydrogens is 260 g/mol. The summed E-state index contributed by atoms with van der Waals surface area (Å²) in [4.78, 5) is 11.0. The van der Waals surface area contributed by atoms with E-state index in [1.165, 1.54) is 0 Å². The third-order valence-electron chi connectivity index (χ3n) is 2.59. The van der Waals surface area contributed by atoms with E-state index in [2.05, 4.69) is 5.32 Å². The molecule has 0 aliphatic heterocycles. The van der Waals surface area contributed by atoms with Crippen molar-refractivity contribution in [1.29, 1.82) is 0 Å². The van der Waals surface area contributed by atoms with E-state index in [-0.39, 0.29) is 16.5 Å². The number of carbonyl (C=O) groups excluding carboxylic acids is 1. The van der Waals surface area contributed by atoms with Gasteiger partial charge in [-0.15, -0.1) is 0 Å². The minimum atomic E-state index is -1.31. The Labute approximate surface area is 117 Å².